The number of nitrogens with one attached hydrogen (secondary N) is 1. The molecule has 7 heteroatoms. The van der Waals surface area contributed by atoms with Crippen molar-refractivity contribution in [1.29, 1.82) is 0 Å². The molecule has 0 saturated heterocycles. The number of ether oxygens (including phenoxy) is 1. The molecule has 0 spiro atoms. The van der Waals surface area contributed by atoms with Crippen LogP contribution < -0.4 is 11.1 Å². The molecule has 7 nitrogen and oxygen atoms in total. The molecule has 1 aliphatic rings. The molecule has 0 heterocycles. The first kappa shape index (κ1) is 15.8. The maximum Gasteiger partial charge on any atom is 0.338 e. The Morgan fingerprint density at radius 3 is 2.50 bits per heavy atom. The van der Waals surface area contributed by atoms with Crippen LogP contribution in [0.4, 0.5) is 5.69 Å². The van der Waals surface area contributed by atoms with Gasteiger partial charge < -0.3 is 20.7 Å². The third-order valence-corrected chi connectivity index (χ3v) is 3.22. The minimum absolute atomic E-state index is 0.0469. The minimum Gasteiger partial charge on any atom is -0.452 e. The zero-order chi connectivity index (χ0) is 16.1. The average molecular weight is 305 g/mol. The molecule has 1 aromatic carbocycles. The lowest BCUT2D eigenvalue weighted by Crippen LogP contribution is -2.40. The van der Waals surface area contributed by atoms with E-state index in [-0.39, 0.29) is 18.5 Å². The van der Waals surface area contributed by atoms with Gasteiger partial charge in [0.05, 0.1) is 12.1 Å². The zero-order valence-corrected chi connectivity index (χ0v) is 12.4. The molecule has 3 N–H and O–H groups in total. The second-order valence-corrected chi connectivity index (χ2v) is 5.29. The van der Waals surface area contributed by atoms with Crippen molar-refractivity contribution in [3.63, 3.8) is 0 Å². The summed E-state index contributed by atoms with van der Waals surface area (Å²) in [5.74, 6) is -1.25. The van der Waals surface area contributed by atoms with Gasteiger partial charge in [-0.3, -0.25) is 9.59 Å². The number of esters is 1. The van der Waals surface area contributed by atoms with E-state index in [0.717, 1.165) is 12.8 Å². The minimum atomic E-state index is -0.607. The molecule has 1 aliphatic carbocycles. The molecule has 22 heavy (non-hydrogen) atoms. The number of nitrogens with zero attached hydrogens (tertiary/aromatic N) is 1. The number of hydrogen-bond acceptors (Lipinski definition) is 5. The molecule has 0 radical (unpaired) electrons. The van der Waals surface area contributed by atoms with E-state index >= 15 is 0 Å². The van der Waals surface area contributed by atoms with Crippen LogP contribution in [0.5, 0.6) is 0 Å². The van der Waals surface area contributed by atoms with E-state index in [1.165, 1.54) is 24.1 Å². The van der Waals surface area contributed by atoms with Gasteiger partial charge in [0.15, 0.2) is 6.61 Å². The van der Waals surface area contributed by atoms with Gasteiger partial charge in [0.2, 0.25) is 5.91 Å². The number of anilines is 1. The summed E-state index contributed by atoms with van der Waals surface area (Å²) in [6.07, 6.45) is 1.98. The molecule has 0 bridgehead atoms. The molecule has 0 aliphatic heterocycles. The summed E-state index contributed by atoms with van der Waals surface area (Å²) in [7, 11) is 1.49. The largest absolute Gasteiger partial charge is 0.452 e. The number of rotatable bonds is 6. The van der Waals surface area contributed by atoms with Crippen molar-refractivity contribution >= 4 is 23.5 Å². The Hall–Kier alpha value is -2.57. The molecule has 1 fully saturated rings. The molecule has 118 valence electrons. The molecular weight excluding hydrogens is 286 g/mol. The molecule has 0 atom stereocenters. The topological polar surface area (TPSA) is 102 Å². The molecule has 2 amide bonds. The lowest BCUT2D eigenvalue weighted by atomic mass is 10.2. The number of likely N-dealkylation sites (N-methyl/N-ethyl adjacent to an activating group) is 1. The van der Waals surface area contributed by atoms with Crippen LogP contribution in [-0.4, -0.2) is 48.9 Å². The number of amides is 2. The van der Waals surface area contributed by atoms with Crippen molar-refractivity contribution in [2.45, 2.75) is 18.9 Å². The van der Waals surface area contributed by atoms with Crippen LogP contribution in [0.15, 0.2) is 24.3 Å². The quantitative estimate of drug-likeness (QED) is 0.576. The van der Waals surface area contributed by atoms with Gasteiger partial charge in [0, 0.05) is 18.8 Å². The molecule has 1 aromatic rings. The van der Waals surface area contributed by atoms with Crippen molar-refractivity contribution in [2.24, 2.45) is 0 Å². The van der Waals surface area contributed by atoms with Crippen molar-refractivity contribution < 1.29 is 19.1 Å². The van der Waals surface area contributed by atoms with Crippen LogP contribution >= 0.6 is 0 Å². The summed E-state index contributed by atoms with van der Waals surface area (Å²) in [6.45, 7) is -0.453. The number of nitrogens with two attached hydrogens (primary N) is 1. The highest BCUT2D eigenvalue weighted by Crippen LogP contribution is 2.18. The van der Waals surface area contributed by atoms with Crippen LogP contribution in [0.2, 0.25) is 0 Å². The second kappa shape index (κ2) is 6.93. The standard InChI is InChI=1S/C15H19N3O4/c1-18(8-13(19)17-12-6-7-12)14(20)9-22-15(21)10-2-4-11(16)5-3-10/h2-5,12H,6-9,16H2,1H3,(H,17,19). The highest BCUT2D eigenvalue weighted by Gasteiger charge is 2.24. The molecule has 0 aromatic heterocycles. The van der Waals surface area contributed by atoms with Gasteiger partial charge in [0.25, 0.3) is 5.91 Å². The Labute approximate surface area is 128 Å². The number of benzene rings is 1. The van der Waals surface area contributed by atoms with Crippen molar-refractivity contribution in [3.8, 4) is 0 Å². The van der Waals surface area contributed by atoms with Gasteiger partial charge in [0.1, 0.15) is 0 Å². The zero-order valence-electron chi connectivity index (χ0n) is 12.4. The van der Waals surface area contributed by atoms with Crippen LogP contribution in [0.3, 0.4) is 0 Å². The summed E-state index contributed by atoms with van der Waals surface area (Å²) in [5, 5.41) is 2.78. The Morgan fingerprint density at radius 1 is 1.27 bits per heavy atom. The number of hydrogen-bond donors (Lipinski definition) is 2. The van der Waals surface area contributed by atoms with Crippen LogP contribution in [0, 0.1) is 0 Å². The first-order valence-corrected chi connectivity index (χ1v) is 7.01. The predicted molar refractivity (Wildman–Crippen MR) is 79.9 cm³/mol. The highest BCUT2D eigenvalue weighted by atomic mass is 16.5. The summed E-state index contributed by atoms with van der Waals surface area (Å²) in [6, 6.07) is 6.45. The third kappa shape index (κ3) is 4.76. The van der Waals surface area contributed by atoms with Crippen molar-refractivity contribution in [2.75, 3.05) is 25.9 Å². The first-order valence-electron chi connectivity index (χ1n) is 7.01. The number of carbonyl (C=O) groups excluding carboxylic acids is 3. The van der Waals surface area contributed by atoms with E-state index in [1.54, 1.807) is 12.1 Å². The van der Waals surface area contributed by atoms with Gasteiger partial charge in [-0.15, -0.1) is 0 Å². The molecular formula is C15H19N3O4. The lowest BCUT2D eigenvalue weighted by Gasteiger charge is -2.16. The maximum atomic E-state index is 11.8. The monoisotopic (exact) mass is 305 g/mol. The maximum absolute atomic E-state index is 11.8. The Bertz CT molecular complexity index is 567. The smallest absolute Gasteiger partial charge is 0.338 e. The summed E-state index contributed by atoms with van der Waals surface area (Å²) in [5.41, 5.74) is 6.38. The number of nitrogen functional groups attached to an aromatic ring is 1. The summed E-state index contributed by atoms with van der Waals surface area (Å²) in [4.78, 5) is 36.4. The van der Waals surface area contributed by atoms with Gasteiger partial charge in [-0.1, -0.05) is 0 Å². The summed E-state index contributed by atoms with van der Waals surface area (Å²) < 4.78 is 4.92. The molecule has 0 unspecified atom stereocenters. The van der Waals surface area contributed by atoms with E-state index in [4.69, 9.17) is 10.5 Å². The van der Waals surface area contributed by atoms with E-state index in [2.05, 4.69) is 5.32 Å². The fourth-order valence-corrected chi connectivity index (χ4v) is 1.74. The number of carbonyl (C=O) groups is 3. The van der Waals surface area contributed by atoms with Crippen molar-refractivity contribution in [3.05, 3.63) is 29.8 Å². The van der Waals surface area contributed by atoms with Gasteiger partial charge in [-0.25, -0.2) is 4.79 Å². The Morgan fingerprint density at radius 2 is 1.91 bits per heavy atom. The second-order valence-electron chi connectivity index (χ2n) is 5.29. The fraction of sp³-hybridized carbons (Fsp3) is 0.400. The normalized spacial score (nSPS) is 13.3. The predicted octanol–water partition coefficient (Wildman–Crippen LogP) is 0.163. The van der Waals surface area contributed by atoms with Gasteiger partial charge in [-0.05, 0) is 37.1 Å². The van der Waals surface area contributed by atoms with Gasteiger partial charge in [-0.2, -0.15) is 0 Å². The third-order valence-electron chi connectivity index (χ3n) is 3.22. The van der Waals surface area contributed by atoms with Crippen LogP contribution in [0.1, 0.15) is 23.2 Å². The van der Waals surface area contributed by atoms with Crippen molar-refractivity contribution in [1.82, 2.24) is 10.2 Å². The Kier molecular flexibility index (Phi) is 4.98. The van der Waals surface area contributed by atoms with Crippen LogP contribution in [-0.2, 0) is 14.3 Å². The fourth-order valence-electron chi connectivity index (χ4n) is 1.74. The van der Waals surface area contributed by atoms with Crippen LogP contribution in [0.25, 0.3) is 0 Å². The average Bonchev–Trinajstić information content (AvgIpc) is 3.28. The highest BCUT2D eigenvalue weighted by molar-refractivity contribution is 5.92. The van der Waals surface area contributed by atoms with E-state index < -0.39 is 18.5 Å². The summed E-state index contributed by atoms with van der Waals surface area (Å²) >= 11 is 0. The van der Waals surface area contributed by atoms with Gasteiger partial charge >= 0.3 is 5.97 Å². The van der Waals surface area contributed by atoms with E-state index in [0.29, 0.717) is 11.3 Å². The van der Waals surface area contributed by atoms with E-state index in [1.807, 2.05) is 0 Å². The van der Waals surface area contributed by atoms with E-state index in [9.17, 15) is 14.4 Å². The first-order chi connectivity index (χ1) is 10.5. The lowest BCUT2D eigenvalue weighted by molar-refractivity contribution is -0.137. The SMILES string of the molecule is CN(CC(=O)NC1CC1)C(=O)COC(=O)c1ccc(N)cc1. The molecule has 2 rings (SSSR count). The molecule has 1 saturated carbocycles. The Balaban J connectivity index is 1.74.